The van der Waals surface area contributed by atoms with Crippen LogP contribution in [0.1, 0.15) is 19.8 Å². The van der Waals surface area contributed by atoms with E-state index in [1.807, 2.05) is 0 Å². The minimum atomic E-state index is -0.143. The molecule has 0 aromatic heterocycles. The normalized spacial score (nSPS) is 9.61. The Hall–Kier alpha value is -1.95. The molecule has 1 aromatic rings. The second-order valence-corrected chi connectivity index (χ2v) is 4.30. The van der Waals surface area contributed by atoms with E-state index < -0.39 is 0 Å². The molecule has 0 atom stereocenters. The average Bonchev–Trinajstić information content (AvgIpc) is 2.28. The number of rotatable bonds is 5. The zero-order valence-corrected chi connectivity index (χ0v) is 10.8. The minimum absolute atomic E-state index is 0.136. The van der Waals surface area contributed by atoms with Crippen LogP contribution in [0.2, 0.25) is 0 Å². The highest BCUT2D eigenvalue weighted by atomic mass is 32.1. The molecule has 1 rings (SSSR count). The fraction of sp³-hybridized carbons (Fsp3) is 0.250. The number of benzene rings is 1. The summed E-state index contributed by atoms with van der Waals surface area (Å²) in [5.41, 5.74) is 6.66. The first-order valence-corrected chi connectivity index (χ1v) is 5.84. The third-order valence-electron chi connectivity index (χ3n) is 2.09. The molecule has 0 aliphatic carbocycles. The van der Waals surface area contributed by atoms with Crippen molar-refractivity contribution in [3.05, 3.63) is 24.3 Å². The van der Waals surface area contributed by atoms with E-state index in [1.165, 1.54) is 6.92 Å². The van der Waals surface area contributed by atoms with Crippen molar-refractivity contribution in [3.8, 4) is 0 Å². The molecule has 0 unspecified atom stereocenters. The number of nitrogens with one attached hydrogen (secondary N) is 2. The van der Waals surface area contributed by atoms with Gasteiger partial charge in [0.1, 0.15) is 0 Å². The van der Waals surface area contributed by atoms with Crippen molar-refractivity contribution in [1.82, 2.24) is 0 Å². The van der Waals surface area contributed by atoms with E-state index in [4.69, 9.17) is 18.0 Å². The summed E-state index contributed by atoms with van der Waals surface area (Å²) in [6.45, 7) is 1.44. The predicted octanol–water partition coefficient (Wildman–Crippen LogP) is 1.65. The van der Waals surface area contributed by atoms with Gasteiger partial charge in [0.15, 0.2) is 0 Å². The Bertz CT molecular complexity index is 457. The average molecular weight is 265 g/mol. The molecular weight excluding hydrogens is 250 g/mol. The smallest absolute Gasteiger partial charge is 0.224 e. The zero-order valence-electron chi connectivity index (χ0n) is 10.0. The van der Waals surface area contributed by atoms with E-state index in [-0.39, 0.29) is 18.2 Å². The first kappa shape index (κ1) is 14.1. The number of carbonyl (C=O) groups excluding carboxylic acids is 2. The van der Waals surface area contributed by atoms with Crippen molar-refractivity contribution >= 4 is 40.4 Å². The zero-order chi connectivity index (χ0) is 13.5. The Morgan fingerprint density at radius 1 is 1.11 bits per heavy atom. The maximum atomic E-state index is 11.5. The fourth-order valence-electron chi connectivity index (χ4n) is 1.30. The lowest BCUT2D eigenvalue weighted by Gasteiger charge is -2.06. The SMILES string of the molecule is CC(=O)Nc1ccc(NC(=O)CCC(N)=S)cc1. The third-order valence-corrected chi connectivity index (χ3v) is 2.29. The van der Waals surface area contributed by atoms with Gasteiger partial charge in [-0.2, -0.15) is 0 Å². The van der Waals surface area contributed by atoms with Gasteiger partial charge in [0.05, 0.1) is 4.99 Å². The molecule has 18 heavy (non-hydrogen) atoms. The van der Waals surface area contributed by atoms with Gasteiger partial charge >= 0.3 is 0 Å². The Balaban J connectivity index is 2.50. The minimum Gasteiger partial charge on any atom is -0.393 e. The van der Waals surface area contributed by atoms with E-state index in [0.717, 1.165) is 0 Å². The Morgan fingerprint density at radius 2 is 1.61 bits per heavy atom. The van der Waals surface area contributed by atoms with E-state index >= 15 is 0 Å². The maximum absolute atomic E-state index is 11.5. The van der Waals surface area contributed by atoms with Gasteiger partial charge in [0, 0.05) is 31.1 Å². The molecule has 0 radical (unpaired) electrons. The molecule has 2 amide bonds. The van der Waals surface area contributed by atoms with Crippen molar-refractivity contribution in [2.75, 3.05) is 10.6 Å². The summed E-state index contributed by atoms with van der Waals surface area (Å²) in [5, 5.41) is 5.35. The third kappa shape index (κ3) is 5.40. The lowest BCUT2D eigenvalue weighted by molar-refractivity contribution is -0.116. The van der Waals surface area contributed by atoms with Gasteiger partial charge in [-0.3, -0.25) is 9.59 Å². The van der Waals surface area contributed by atoms with Gasteiger partial charge in [0.25, 0.3) is 0 Å². The number of hydrogen-bond acceptors (Lipinski definition) is 3. The van der Waals surface area contributed by atoms with Gasteiger partial charge in [-0.15, -0.1) is 0 Å². The lowest BCUT2D eigenvalue weighted by atomic mass is 10.2. The molecule has 0 fully saturated rings. The Kier molecular flexibility index (Phi) is 5.26. The number of carbonyl (C=O) groups is 2. The van der Waals surface area contributed by atoms with E-state index in [1.54, 1.807) is 24.3 Å². The van der Waals surface area contributed by atoms with Crippen LogP contribution in [0.3, 0.4) is 0 Å². The van der Waals surface area contributed by atoms with E-state index in [9.17, 15) is 9.59 Å². The molecule has 0 aliphatic rings. The van der Waals surface area contributed by atoms with Gasteiger partial charge in [-0.05, 0) is 24.3 Å². The van der Waals surface area contributed by atoms with Crippen LogP contribution >= 0.6 is 12.2 Å². The number of hydrogen-bond donors (Lipinski definition) is 3. The molecule has 0 spiro atoms. The van der Waals surface area contributed by atoms with Gasteiger partial charge < -0.3 is 16.4 Å². The van der Waals surface area contributed by atoms with Crippen LogP contribution in [0.4, 0.5) is 11.4 Å². The molecule has 5 nitrogen and oxygen atoms in total. The van der Waals surface area contributed by atoms with Crippen molar-refractivity contribution in [1.29, 1.82) is 0 Å². The monoisotopic (exact) mass is 265 g/mol. The van der Waals surface area contributed by atoms with Crippen molar-refractivity contribution in [3.63, 3.8) is 0 Å². The summed E-state index contributed by atoms with van der Waals surface area (Å²) < 4.78 is 0. The van der Waals surface area contributed by atoms with Crippen LogP contribution in [0.25, 0.3) is 0 Å². The van der Waals surface area contributed by atoms with Crippen LogP contribution in [-0.2, 0) is 9.59 Å². The summed E-state index contributed by atoms with van der Waals surface area (Å²) in [7, 11) is 0. The fourth-order valence-corrected chi connectivity index (χ4v) is 1.40. The Labute approximate surface area is 111 Å². The predicted molar refractivity (Wildman–Crippen MR) is 75.4 cm³/mol. The van der Waals surface area contributed by atoms with Gasteiger partial charge in [-0.25, -0.2) is 0 Å². The van der Waals surface area contributed by atoms with Crippen LogP contribution in [0, 0.1) is 0 Å². The van der Waals surface area contributed by atoms with Crippen molar-refractivity contribution < 1.29 is 9.59 Å². The number of nitrogens with two attached hydrogens (primary N) is 1. The maximum Gasteiger partial charge on any atom is 0.224 e. The second-order valence-electron chi connectivity index (χ2n) is 3.77. The molecule has 1 aromatic carbocycles. The van der Waals surface area contributed by atoms with E-state index in [0.29, 0.717) is 22.8 Å². The number of anilines is 2. The van der Waals surface area contributed by atoms with Gasteiger partial charge in [-0.1, -0.05) is 12.2 Å². The molecule has 0 bridgehead atoms. The molecular formula is C12H15N3O2S. The highest BCUT2D eigenvalue weighted by Crippen LogP contribution is 2.13. The van der Waals surface area contributed by atoms with Crippen LogP contribution in [0.15, 0.2) is 24.3 Å². The topological polar surface area (TPSA) is 84.2 Å². The molecule has 0 saturated carbocycles. The quantitative estimate of drug-likeness (QED) is 0.707. The van der Waals surface area contributed by atoms with Crippen LogP contribution in [0.5, 0.6) is 0 Å². The summed E-state index contributed by atoms with van der Waals surface area (Å²) in [6.07, 6.45) is 0.661. The molecule has 96 valence electrons. The highest BCUT2D eigenvalue weighted by Gasteiger charge is 2.03. The van der Waals surface area contributed by atoms with E-state index in [2.05, 4.69) is 10.6 Å². The number of amides is 2. The molecule has 0 heterocycles. The molecule has 6 heteroatoms. The summed E-state index contributed by atoms with van der Waals surface area (Å²) in [6, 6.07) is 6.85. The second kappa shape index (κ2) is 6.70. The molecule has 0 aliphatic heterocycles. The first-order valence-electron chi connectivity index (χ1n) is 5.43. The van der Waals surface area contributed by atoms with Crippen LogP contribution in [-0.4, -0.2) is 16.8 Å². The molecule has 0 saturated heterocycles. The highest BCUT2D eigenvalue weighted by molar-refractivity contribution is 7.80. The summed E-state index contributed by atoms with van der Waals surface area (Å²) >= 11 is 4.69. The standard InChI is InChI=1S/C12H15N3O2S/c1-8(16)14-9-2-4-10(5-3-9)15-12(17)7-6-11(13)18/h2-5H,6-7H2,1H3,(H2,13,18)(H,14,16)(H,15,17). The summed E-state index contributed by atoms with van der Waals surface area (Å²) in [5.74, 6) is -0.279. The largest absolute Gasteiger partial charge is 0.393 e. The van der Waals surface area contributed by atoms with Crippen molar-refractivity contribution in [2.24, 2.45) is 5.73 Å². The summed E-state index contributed by atoms with van der Waals surface area (Å²) in [4.78, 5) is 22.6. The van der Waals surface area contributed by atoms with Gasteiger partial charge in [0.2, 0.25) is 11.8 Å². The van der Waals surface area contributed by atoms with Crippen molar-refractivity contribution in [2.45, 2.75) is 19.8 Å². The Morgan fingerprint density at radius 3 is 2.06 bits per heavy atom. The first-order chi connectivity index (χ1) is 8.47. The number of thiocarbonyl (C=S) groups is 1. The van der Waals surface area contributed by atoms with Crippen LogP contribution < -0.4 is 16.4 Å². The molecule has 4 N–H and O–H groups in total. The lowest BCUT2D eigenvalue weighted by Crippen LogP contribution is -2.16.